The Balaban J connectivity index is 0.00000180. The van der Waals surface area contributed by atoms with Gasteiger partial charge in [-0.1, -0.05) is 18.9 Å². The molecule has 106 valence electrons. The van der Waals surface area contributed by atoms with Gasteiger partial charge in [0.15, 0.2) is 0 Å². The highest BCUT2D eigenvalue weighted by molar-refractivity contribution is 5.98. The molecule has 0 unspecified atom stereocenters. The third kappa shape index (κ3) is 3.85. The lowest BCUT2D eigenvalue weighted by molar-refractivity contribution is -0.121. The summed E-state index contributed by atoms with van der Waals surface area (Å²) in [6.07, 6.45) is 3.60. The topological polar surface area (TPSA) is 64.3 Å². The molecule has 1 aliphatic rings. The van der Waals surface area contributed by atoms with Gasteiger partial charge in [0.25, 0.3) is 0 Å². The van der Waals surface area contributed by atoms with Crippen molar-refractivity contribution in [1.82, 2.24) is 0 Å². The van der Waals surface area contributed by atoms with Crippen molar-refractivity contribution < 1.29 is 9.53 Å². The monoisotopic (exact) mass is 284 g/mol. The maximum atomic E-state index is 12.1. The van der Waals surface area contributed by atoms with Crippen LogP contribution in [-0.2, 0) is 4.79 Å². The molecule has 0 saturated heterocycles. The Labute approximate surface area is 120 Å². The van der Waals surface area contributed by atoms with Gasteiger partial charge < -0.3 is 15.8 Å². The van der Waals surface area contributed by atoms with Crippen LogP contribution in [-0.4, -0.2) is 18.1 Å². The number of halogens is 1. The average molecular weight is 285 g/mol. The van der Waals surface area contributed by atoms with Gasteiger partial charge in [0, 0.05) is 11.8 Å². The quantitative estimate of drug-likeness (QED) is 0.893. The fourth-order valence-corrected chi connectivity index (χ4v) is 2.32. The summed E-state index contributed by atoms with van der Waals surface area (Å²) in [6.45, 7) is 2.54. The molecule has 0 radical (unpaired) electrons. The van der Waals surface area contributed by atoms with Crippen molar-refractivity contribution in [3.05, 3.63) is 24.3 Å². The minimum atomic E-state index is -0.693. The minimum Gasteiger partial charge on any atom is -0.494 e. The smallest absolute Gasteiger partial charge is 0.244 e. The van der Waals surface area contributed by atoms with Crippen LogP contribution in [0.5, 0.6) is 5.75 Å². The Morgan fingerprint density at radius 1 is 1.42 bits per heavy atom. The second-order valence-corrected chi connectivity index (χ2v) is 4.78. The molecule has 0 aromatic heterocycles. The first-order valence-corrected chi connectivity index (χ1v) is 6.47. The number of nitrogens with two attached hydrogens (primary N) is 1. The zero-order valence-corrected chi connectivity index (χ0v) is 12.0. The van der Waals surface area contributed by atoms with E-state index < -0.39 is 5.54 Å². The molecular formula is C14H21ClN2O2. The predicted octanol–water partition coefficient (Wildman–Crippen LogP) is 2.72. The molecule has 5 heteroatoms. The number of amides is 1. The number of carbonyl (C=O) groups is 1. The molecule has 0 atom stereocenters. The van der Waals surface area contributed by atoms with Crippen LogP contribution in [0.4, 0.5) is 5.69 Å². The molecule has 1 amide bonds. The summed E-state index contributed by atoms with van der Waals surface area (Å²) in [5, 5.41) is 2.88. The van der Waals surface area contributed by atoms with Crippen molar-refractivity contribution in [1.29, 1.82) is 0 Å². The summed E-state index contributed by atoms with van der Waals surface area (Å²) in [5.74, 6) is 0.668. The van der Waals surface area contributed by atoms with E-state index >= 15 is 0 Å². The van der Waals surface area contributed by atoms with Crippen LogP contribution in [0.3, 0.4) is 0 Å². The SMILES string of the molecule is CCOc1cccc(NC(=O)C2(N)CCCC2)c1.Cl. The summed E-state index contributed by atoms with van der Waals surface area (Å²) in [7, 11) is 0. The van der Waals surface area contributed by atoms with Crippen molar-refractivity contribution in [3.8, 4) is 5.75 Å². The van der Waals surface area contributed by atoms with Gasteiger partial charge in [-0.15, -0.1) is 12.4 Å². The van der Waals surface area contributed by atoms with Crippen LogP contribution in [0.1, 0.15) is 32.6 Å². The molecule has 1 saturated carbocycles. The van der Waals surface area contributed by atoms with Crippen molar-refractivity contribution in [2.24, 2.45) is 5.73 Å². The molecule has 3 N–H and O–H groups in total. The van der Waals surface area contributed by atoms with E-state index in [0.29, 0.717) is 6.61 Å². The molecule has 0 spiro atoms. The van der Waals surface area contributed by atoms with Crippen molar-refractivity contribution in [2.75, 3.05) is 11.9 Å². The highest BCUT2D eigenvalue weighted by atomic mass is 35.5. The number of nitrogens with one attached hydrogen (secondary N) is 1. The van der Waals surface area contributed by atoms with E-state index in [4.69, 9.17) is 10.5 Å². The largest absolute Gasteiger partial charge is 0.494 e. The summed E-state index contributed by atoms with van der Waals surface area (Å²) in [6, 6.07) is 7.39. The molecule has 2 rings (SSSR count). The third-order valence-electron chi connectivity index (χ3n) is 3.35. The Morgan fingerprint density at radius 3 is 2.74 bits per heavy atom. The molecular weight excluding hydrogens is 264 g/mol. The summed E-state index contributed by atoms with van der Waals surface area (Å²) in [5.41, 5.74) is 6.15. The predicted molar refractivity (Wildman–Crippen MR) is 78.9 cm³/mol. The lowest BCUT2D eigenvalue weighted by Crippen LogP contribution is -2.48. The zero-order valence-electron chi connectivity index (χ0n) is 11.1. The van der Waals surface area contributed by atoms with Crippen LogP contribution >= 0.6 is 12.4 Å². The van der Waals surface area contributed by atoms with E-state index in [2.05, 4.69) is 5.32 Å². The van der Waals surface area contributed by atoms with E-state index in [1.165, 1.54) is 0 Å². The molecule has 0 aliphatic heterocycles. The van der Waals surface area contributed by atoms with Gasteiger partial charge in [0.05, 0.1) is 12.1 Å². The maximum Gasteiger partial charge on any atom is 0.244 e. The Bertz CT molecular complexity index is 431. The Kier molecular flexibility index (Phi) is 5.63. The molecule has 0 heterocycles. The molecule has 1 aromatic carbocycles. The number of benzene rings is 1. The molecule has 1 aromatic rings. The van der Waals surface area contributed by atoms with Crippen molar-refractivity contribution in [2.45, 2.75) is 38.1 Å². The molecule has 0 bridgehead atoms. The van der Waals surface area contributed by atoms with Gasteiger partial charge >= 0.3 is 0 Å². The first kappa shape index (κ1) is 15.8. The van der Waals surface area contributed by atoms with Crippen molar-refractivity contribution >= 4 is 24.0 Å². The Hall–Kier alpha value is -1.26. The first-order chi connectivity index (χ1) is 8.64. The minimum absolute atomic E-state index is 0. The van der Waals surface area contributed by atoms with Gasteiger partial charge in [0.1, 0.15) is 5.75 Å². The highest BCUT2D eigenvalue weighted by Gasteiger charge is 2.36. The third-order valence-corrected chi connectivity index (χ3v) is 3.35. The summed E-state index contributed by atoms with van der Waals surface area (Å²) < 4.78 is 5.40. The van der Waals surface area contributed by atoms with Gasteiger partial charge in [-0.05, 0) is 31.9 Å². The van der Waals surface area contributed by atoms with E-state index in [1.54, 1.807) is 0 Å². The lowest BCUT2D eigenvalue weighted by Gasteiger charge is -2.22. The van der Waals surface area contributed by atoms with Crippen LogP contribution in [0.2, 0.25) is 0 Å². The molecule has 4 nitrogen and oxygen atoms in total. The number of rotatable bonds is 4. The van der Waals surface area contributed by atoms with Crippen LogP contribution in [0, 0.1) is 0 Å². The maximum absolute atomic E-state index is 12.1. The Morgan fingerprint density at radius 2 is 2.11 bits per heavy atom. The van der Waals surface area contributed by atoms with E-state index in [-0.39, 0.29) is 18.3 Å². The zero-order chi connectivity index (χ0) is 13.0. The van der Waals surface area contributed by atoms with Gasteiger partial charge in [-0.3, -0.25) is 4.79 Å². The summed E-state index contributed by atoms with van der Waals surface area (Å²) >= 11 is 0. The second kappa shape index (κ2) is 6.78. The fourth-order valence-electron chi connectivity index (χ4n) is 2.32. The number of hydrogen-bond donors (Lipinski definition) is 2. The lowest BCUT2D eigenvalue weighted by atomic mass is 9.98. The van der Waals surface area contributed by atoms with Crippen LogP contribution < -0.4 is 15.8 Å². The molecule has 1 fully saturated rings. The highest BCUT2D eigenvalue weighted by Crippen LogP contribution is 2.28. The van der Waals surface area contributed by atoms with Gasteiger partial charge in [-0.2, -0.15) is 0 Å². The van der Waals surface area contributed by atoms with E-state index in [0.717, 1.165) is 37.1 Å². The molecule has 1 aliphatic carbocycles. The van der Waals surface area contributed by atoms with Crippen LogP contribution in [0.15, 0.2) is 24.3 Å². The number of hydrogen-bond acceptors (Lipinski definition) is 3. The standard InChI is InChI=1S/C14H20N2O2.ClH/c1-2-18-12-7-5-6-11(10-12)16-13(17)14(15)8-3-4-9-14;/h5-7,10H,2-4,8-9,15H2,1H3,(H,16,17);1H. The van der Waals surface area contributed by atoms with Crippen LogP contribution in [0.25, 0.3) is 0 Å². The normalized spacial score (nSPS) is 16.5. The number of carbonyl (C=O) groups excluding carboxylic acids is 1. The van der Waals surface area contributed by atoms with Crippen molar-refractivity contribution in [3.63, 3.8) is 0 Å². The number of anilines is 1. The molecule has 19 heavy (non-hydrogen) atoms. The van der Waals surface area contributed by atoms with Gasteiger partial charge in [0.2, 0.25) is 5.91 Å². The number of ether oxygens (including phenoxy) is 1. The first-order valence-electron chi connectivity index (χ1n) is 6.47. The summed E-state index contributed by atoms with van der Waals surface area (Å²) in [4.78, 5) is 12.1. The average Bonchev–Trinajstić information content (AvgIpc) is 2.78. The second-order valence-electron chi connectivity index (χ2n) is 4.78. The fraction of sp³-hybridized carbons (Fsp3) is 0.500. The van der Waals surface area contributed by atoms with Gasteiger partial charge in [-0.25, -0.2) is 0 Å². The van der Waals surface area contributed by atoms with E-state index in [9.17, 15) is 4.79 Å². The van der Waals surface area contributed by atoms with E-state index in [1.807, 2.05) is 31.2 Å².